The molecule has 3 rings (SSSR count). The molecule has 0 aromatic carbocycles. The van der Waals surface area contributed by atoms with Crippen LogP contribution in [0.2, 0.25) is 0 Å². The van der Waals surface area contributed by atoms with Gasteiger partial charge in [-0.2, -0.15) is 0 Å². The van der Waals surface area contributed by atoms with Crippen molar-refractivity contribution in [3.63, 3.8) is 0 Å². The zero-order chi connectivity index (χ0) is 15.4. The molecule has 4 heteroatoms. The second-order valence-corrected chi connectivity index (χ2v) is 6.33. The first kappa shape index (κ1) is 14.8. The lowest BCUT2D eigenvalue weighted by molar-refractivity contribution is 0.497. The molecule has 0 bridgehead atoms. The first-order valence-corrected chi connectivity index (χ1v) is 8.04. The Balaban J connectivity index is 1.48. The molecule has 0 radical (unpaired) electrons. The normalized spacial score (nSPS) is 19.8. The minimum Gasteiger partial charge on any atom is -0.386 e. The Morgan fingerprint density at radius 1 is 1.41 bits per heavy atom. The molecule has 1 aliphatic heterocycles. The molecule has 2 N–H and O–H groups in total. The van der Waals surface area contributed by atoms with E-state index < -0.39 is 0 Å². The average molecular weight is 296 g/mol. The third-order valence-corrected chi connectivity index (χ3v) is 4.24. The molecule has 1 aromatic heterocycles. The molecular formula is C18H24N4. The van der Waals surface area contributed by atoms with E-state index in [0.29, 0.717) is 5.71 Å². The number of hydrogen-bond donors (Lipinski definition) is 2. The molecule has 1 saturated carbocycles. The molecule has 1 fully saturated rings. The smallest absolute Gasteiger partial charge is 0.0618 e. The molecule has 0 atom stereocenters. The first-order valence-electron chi connectivity index (χ1n) is 8.04. The van der Waals surface area contributed by atoms with E-state index in [1.54, 1.807) is 0 Å². The minimum absolute atomic E-state index is 0.583. The highest BCUT2D eigenvalue weighted by atomic mass is 15.1. The van der Waals surface area contributed by atoms with Gasteiger partial charge >= 0.3 is 0 Å². The van der Waals surface area contributed by atoms with Crippen LogP contribution in [0.4, 0.5) is 0 Å². The summed E-state index contributed by atoms with van der Waals surface area (Å²) in [6.07, 6.45) is 12.9. The van der Waals surface area contributed by atoms with Gasteiger partial charge in [0.1, 0.15) is 0 Å². The number of nitrogens with zero attached hydrogens (tertiary/aromatic N) is 2. The Morgan fingerprint density at radius 2 is 2.27 bits per heavy atom. The summed E-state index contributed by atoms with van der Waals surface area (Å²) in [5.74, 6) is 0.966. The Bertz CT molecular complexity index is 582. The third-order valence-electron chi connectivity index (χ3n) is 4.24. The van der Waals surface area contributed by atoms with Gasteiger partial charge in [-0.3, -0.25) is 4.98 Å². The van der Waals surface area contributed by atoms with Gasteiger partial charge in [-0.15, -0.1) is 0 Å². The molecule has 116 valence electrons. The SMILES string of the molecule is CN1C=CC(=N)/C(=C\NCc2ccc(CCC3CC3)nc2)C1. The Labute approximate surface area is 132 Å². The van der Waals surface area contributed by atoms with Crippen molar-refractivity contribution in [3.8, 4) is 0 Å². The van der Waals surface area contributed by atoms with Gasteiger partial charge in [0, 0.05) is 50.0 Å². The third kappa shape index (κ3) is 4.20. The number of allylic oxidation sites excluding steroid dienone is 1. The van der Waals surface area contributed by atoms with Crippen molar-refractivity contribution in [2.75, 3.05) is 13.6 Å². The summed E-state index contributed by atoms with van der Waals surface area (Å²) >= 11 is 0. The van der Waals surface area contributed by atoms with E-state index >= 15 is 0 Å². The second-order valence-electron chi connectivity index (χ2n) is 6.33. The average Bonchev–Trinajstić information content (AvgIpc) is 3.34. The summed E-state index contributed by atoms with van der Waals surface area (Å²) in [7, 11) is 2.01. The van der Waals surface area contributed by atoms with E-state index in [1.807, 2.05) is 31.7 Å². The van der Waals surface area contributed by atoms with Gasteiger partial charge in [0.25, 0.3) is 0 Å². The summed E-state index contributed by atoms with van der Waals surface area (Å²) in [5, 5.41) is 11.2. The lowest BCUT2D eigenvalue weighted by Gasteiger charge is -2.21. The van der Waals surface area contributed by atoms with Crippen molar-refractivity contribution in [1.29, 1.82) is 5.41 Å². The fourth-order valence-corrected chi connectivity index (χ4v) is 2.60. The zero-order valence-electron chi connectivity index (χ0n) is 13.2. The van der Waals surface area contributed by atoms with Gasteiger partial charge in [-0.05, 0) is 36.5 Å². The van der Waals surface area contributed by atoms with Crippen molar-refractivity contribution in [2.24, 2.45) is 5.92 Å². The zero-order valence-corrected chi connectivity index (χ0v) is 13.2. The largest absolute Gasteiger partial charge is 0.386 e. The molecule has 1 aliphatic carbocycles. The summed E-state index contributed by atoms with van der Waals surface area (Å²) in [5.41, 5.74) is 3.98. The van der Waals surface area contributed by atoms with Crippen LogP contribution in [-0.2, 0) is 13.0 Å². The molecule has 0 unspecified atom stereocenters. The van der Waals surface area contributed by atoms with Crippen LogP contribution in [0.1, 0.15) is 30.5 Å². The molecule has 2 aliphatic rings. The Hall–Kier alpha value is -2.10. The number of nitrogens with one attached hydrogen (secondary N) is 2. The van der Waals surface area contributed by atoms with Crippen LogP contribution < -0.4 is 5.32 Å². The monoisotopic (exact) mass is 296 g/mol. The molecule has 0 spiro atoms. The van der Waals surface area contributed by atoms with Gasteiger partial charge in [-0.25, -0.2) is 0 Å². The van der Waals surface area contributed by atoms with Gasteiger partial charge in [0.15, 0.2) is 0 Å². The molecule has 4 nitrogen and oxygen atoms in total. The maximum absolute atomic E-state index is 7.90. The highest BCUT2D eigenvalue weighted by Gasteiger charge is 2.20. The summed E-state index contributed by atoms with van der Waals surface area (Å²) in [4.78, 5) is 6.62. The first-order chi connectivity index (χ1) is 10.7. The number of rotatable bonds is 6. The predicted molar refractivity (Wildman–Crippen MR) is 89.7 cm³/mol. The fourth-order valence-electron chi connectivity index (χ4n) is 2.60. The molecule has 1 aromatic rings. The predicted octanol–water partition coefficient (Wildman–Crippen LogP) is 2.88. The maximum Gasteiger partial charge on any atom is 0.0618 e. The number of pyridine rings is 1. The number of aromatic nitrogens is 1. The van der Waals surface area contributed by atoms with Crippen LogP contribution in [0.5, 0.6) is 0 Å². The van der Waals surface area contributed by atoms with Gasteiger partial charge in [-0.1, -0.05) is 18.9 Å². The number of likely N-dealkylation sites (N-methyl/N-ethyl adjacent to an activating group) is 1. The van der Waals surface area contributed by atoms with Crippen molar-refractivity contribution >= 4 is 5.71 Å². The van der Waals surface area contributed by atoms with Crippen LogP contribution in [-0.4, -0.2) is 29.2 Å². The summed E-state index contributed by atoms with van der Waals surface area (Å²) in [6.45, 7) is 1.53. The fraction of sp³-hybridized carbons (Fsp3) is 0.444. The lowest BCUT2D eigenvalue weighted by Crippen LogP contribution is -2.24. The van der Waals surface area contributed by atoms with Gasteiger partial charge in [0.05, 0.1) is 5.71 Å². The van der Waals surface area contributed by atoms with Crippen LogP contribution in [0.25, 0.3) is 0 Å². The van der Waals surface area contributed by atoms with E-state index in [0.717, 1.165) is 31.0 Å². The van der Waals surface area contributed by atoms with Gasteiger partial charge < -0.3 is 15.6 Å². The molecule has 22 heavy (non-hydrogen) atoms. The quantitative estimate of drug-likeness (QED) is 0.848. The standard InChI is InChI=1S/C18H24N4/c1-22-9-8-18(19)16(13-22)12-20-10-15-5-7-17(21-11-15)6-4-14-2-3-14/h5,7-9,11-12,14,19-20H,2-4,6,10,13H2,1H3/b16-12-,19-18?. The summed E-state index contributed by atoms with van der Waals surface area (Å²) in [6, 6.07) is 4.30. The van der Waals surface area contributed by atoms with Crippen LogP contribution in [0.15, 0.2) is 42.4 Å². The van der Waals surface area contributed by atoms with E-state index in [-0.39, 0.29) is 0 Å². The second kappa shape index (κ2) is 6.77. The maximum atomic E-state index is 7.90. The van der Waals surface area contributed by atoms with Crippen LogP contribution in [0.3, 0.4) is 0 Å². The van der Waals surface area contributed by atoms with Crippen molar-refractivity contribution in [2.45, 2.75) is 32.2 Å². The minimum atomic E-state index is 0.583. The topological polar surface area (TPSA) is 52.0 Å². The molecule has 2 heterocycles. The molecule has 0 saturated heterocycles. The van der Waals surface area contributed by atoms with Gasteiger partial charge in [0.2, 0.25) is 0 Å². The van der Waals surface area contributed by atoms with E-state index in [2.05, 4.69) is 27.3 Å². The Morgan fingerprint density at radius 3 is 3.00 bits per heavy atom. The van der Waals surface area contributed by atoms with Crippen molar-refractivity contribution in [1.82, 2.24) is 15.2 Å². The number of hydrogen-bond acceptors (Lipinski definition) is 4. The van der Waals surface area contributed by atoms with Crippen LogP contribution >= 0.6 is 0 Å². The highest BCUT2D eigenvalue weighted by molar-refractivity contribution is 6.07. The van der Waals surface area contributed by atoms with Crippen molar-refractivity contribution in [3.05, 3.63) is 53.6 Å². The van der Waals surface area contributed by atoms with E-state index in [9.17, 15) is 0 Å². The number of aryl methyl sites for hydroxylation is 1. The summed E-state index contributed by atoms with van der Waals surface area (Å²) < 4.78 is 0. The Kier molecular flexibility index (Phi) is 4.56. The van der Waals surface area contributed by atoms with Crippen molar-refractivity contribution < 1.29 is 0 Å². The van der Waals surface area contributed by atoms with E-state index in [1.165, 1.54) is 30.5 Å². The van der Waals surface area contributed by atoms with Crippen LogP contribution in [0, 0.1) is 11.3 Å². The molecular weight excluding hydrogens is 272 g/mol. The van der Waals surface area contributed by atoms with E-state index in [4.69, 9.17) is 5.41 Å². The molecule has 0 amide bonds. The lowest BCUT2D eigenvalue weighted by atomic mass is 10.1. The highest BCUT2D eigenvalue weighted by Crippen LogP contribution is 2.33.